The van der Waals surface area contributed by atoms with Crippen LogP contribution in [0.1, 0.15) is 22.8 Å². The van der Waals surface area contributed by atoms with Gasteiger partial charge in [-0.3, -0.25) is 0 Å². The summed E-state index contributed by atoms with van der Waals surface area (Å²) in [6.45, 7) is 3.76. The summed E-state index contributed by atoms with van der Waals surface area (Å²) in [5.41, 5.74) is 1.72. The molecule has 0 saturated heterocycles. The summed E-state index contributed by atoms with van der Waals surface area (Å²) in [5, 5.41) is 1.08. The number of aryl methyl sites for hydroxylation is 1. The Labute approximate surface area is 143 Å². The number of benzene rings is 2. The highest BCUT2D eigenvalue weighted by Crippen LogP contribution is 2.34. The first-order valence-electron chi connectivity index (χ1n) is 7.52. The maximum Gasteiger partial charge on any atom is 0.351 e. The van der Waals surface area contributed by atoms with Crippen LogP contribution in [0.4, 0.5) is 0 Å². The lowest BCUT2D eigenvalue weighted by atomic mass is 9.94. The van der Waals surface area contributed by atoms with Crippen molar-refractivity contribution in [3.05, 3.63) is 69.0 Å². The van der Waals surface area contributed by atoms with Crippen molar-refractivity contribution in [1.29, 1.82) is 0 Å². The van der Waals surface area contributed by atoms with Crippen LogP contribution in [0, 0.1) is 6.92 Å². The molecule has 0 saturated carbocycles. The first-order valence-corrected chi connectivity index (χ1v) is 7.90. The van der Waals surface area contributed by atoms with Crippen LogP contribution < -0.4 is 5.63 Å². The van der Waals surface area contributed by atoms with Crippen molar-refractivity contribution in [3.8, 4) is 11.1 Å². The Bertz CT molecular complexity index is 988. The van der Waals surface area contributed by atoms with Gasteiger partial charge in [0.15, 0.2) is 5.56 Å². The van der Waals surface area contributed by atoms with Gasteiger partial charge in [0.2, 0.25) is 0 Å². The van der Waals surface area contributed by atoms with Crippen LogP contribution in [-0.4, -0.2) is 12.6 Å². The van der Waals surface area contributed by atoms with Crippen LogP contribution >= 0.6 is 11.6 Å². The Hall–Kier alpha value is -2.59. The minimum Gasteiger partial charge on any atom is -0.462 e. The lowest BCUT2D eigenvalue weighted by molar-refractivity contribution is 0.0523. The Morgan fingerprint density at radius 1 is 1.21 bits per heavy atom. The average molecular weight is 343 g/mol. The molecule has 0 N–H and O–H groups in total. The molecule has 0 fully saturated rings. The largest absolute Gasteiger partial charge is 0.462 e. The third kappa shape index (κ3) is 2.81. The van der Waals surface area contributed by atoms with Gasteiger partial charge in [0.05, 0.1) is 6.61 Å². The van der Waals surface area contributed by atoms with Crippen LogP contribution in [0.5, 0.6) is 0 Å². The molecule has 0 aliphatic carbocycles. The number of rotatable bonds is 3. The zero-order valence-electron chi connectivity index (χ0n) is 13.3. The van der Waals surface area contributed by atoms with Gasteiger partial charge in [0.25, 0.3) is 0 Å². The zero-order chi connectivity index (χ0) is 17.3. The summed E-state index contributed by atoms with van der Waals surface area (Å²) in [6.07, 6.45) is 0. The summed E-state index contributed by atoms with van der Waals surface area (Å²) in [4.78, 5) is 24.8. The van der Waals surface area contributed by atoms with Gasteiger partial charge >= 0.3 is 11.6 Å². The van der Waals surface area contributed by atoms with E-state index in [9.17, 15) is 9.59 Å². The molecule has 3 aromatic rings. The molecule has 0 aliphatic rings. The summed E-state index contributed by atoms with van der Waals surface area (Å²) >= 11 is 6.11. The predicted molar refractivity (Wildman–Crippen MR) is 93.6 cm³/mol. The SMILES string of the molecule is CCOC(=O)c1c(-c2ccccc2C)c2cc(Cl)ccc2oc1=O. The smallest absolute Gasteiger partial charge is 0.351 e. The van der Waals surface area contributed by atoms with Gasteiger partial charge in [-0.05, 0) is 43.2 Å². The second-order valence-electron chi connectivity index (χ2n) is 5.32. The van der Waals surface area contributed by atoms with E-state index in [1.54, 1.807) is 25.1 Å². The lowest BCUT2D eigenvalue weighted by Crippen LogP contribution is -2.18. The van der Waals surface area contributed by atoms with Crippen LogP contribution in [0.2, 0.25) is 5.02 Å². The molecule has 122 valence electrons. The van der Waals surface area contributed by atoms with E-state index in [1.165, 1.54) is 0 Å². The van der Waals surface area contributed by atoms with Crippen molar-refractivity contribution in [1.82, 2.24) is 0 Å². The molecular formula is C19H15ClO4. The third-order valence-corrected chi connectivity index (χ3v) is 4.00. The van der Waals surface area contributed by atoms with Crippen molar-refractivity contribution >= 4 is 28.5 Å². The van der Waals surface area contributed by atoms with Crippen molar-refractivity contribution < 1.29 is 13.9 Å². The van der Waals surface area contributed by atoms with Crippen molar-refractivity contribution in [2.24, 2.45) is 0 Å². The minimum absolute atomic E-state index is 0.110. The predicted octanol–water partition coefficient (Wildman–Crippen LogP) is 4.60. The minimum atomic E-state index is -0.721. The standard InChI is InChI=1S/C19H15ClO4/c1-3-23-18(21)17-16(13-7-5-4-6-11(13)2)14-10-12(20)8-9-15(14)24-19(17)22/h4-10H,3H2,1-2H3. The van der Waals surface area contributed by atoms with E-state index in [2.05, 4.69) is 0 Å². The first kappa shape index (κ1) is 16.3. The Morgan fingerprint density at radius 2 is 1.96 bits per heavy atom. The van der Waals surface area contributed by atoms with E-state index in [1.807, 2.05) is 31.2 Å². The van der Waals surface area contributed by atoms with Gasteiger partial charge in [-0.25, -0.2) is 9.59 Å². The van der Waals surface area contributed by atoms with Crippen LogP contribution in [0.25, 0.3) is 22.1 Å². The number of ether oxygens (including phenoxy) is 1. The van der Waals surface area contributed by atoms with E-state index in [4.69, 9.17) is 20.8 Å². The Kier molecular flexibility index (Phi) is 4.40. The fraction of sp³-hybridized carbons (Fsp3) is 0.158. The molecule has 0 atom stereocenters. The molecule has 2 aromatic carbocycles. The third-order valence-electron chi connectivity index (χ3n) is 3.76. The summed E-state index contributed by atoms with van der Waals surface area (Å²) in [6, 6.07) is 12.5. The summed E-state index contributed by atoms with van der Waals surface area (Å²) in [5.74, 6) is -0.702. The molecule has 3 rings (SSSR count). The monoisotopic (exact) mass is 342 g/mol. The molecule has 5 heteroatoms. The van der Waals surface area contributed by atoms with Gasteiger partial charge in [0, 0.05) is 16.0 Å². The fourth-order valence-corrected chi connectivity index (χ4v) is 2.87. The molecule has 0 unspecified atom stereocenters. The van der Waals surface area contributed by atoms with Gasteiger partial charge in [0.1, 0.15) is 5.58 Å². The average Bonchev–Trinajstić information content (AvgIpc) is 2.55. The highest BCUT2D eigenvalue weighted by Gasteiger charge is 2.24. The van der Waals surface area contributed by atoms with Crippen LogP contribution in [-0.2, 0) is 4.74 Å². The summed E-state index contributed by atoms with van der Waals surface area (Å²) in [7, 11) is 0. The topological polar surface area (TPSA) is 56.5 Å². The lowest BCUT2D eigenvalue weighted by Gasteiger charge is -2.13. The van der Waals surface area contributed by atoms with Crippen molar-refractivity contribution in [2.45, 2.75) is 13.8 Å². The molecule has 0 aliphatic heterocycles. The summed E-state index contributed by atoms with van der Waals surface area (Å²) < 4.78 is 10.4. The van der Waals surface area contributed by atoms with E-state index in [0.29, 0.717) is 21.6 Å². The van der Waals surface area contributed by atoms with E-state index >= 15 is 0 Å². The highest BCUT2D eigenvalue weighted by molar-refractivity contribution is 6.31. The number of halogens is 1. The maximum absolute atomic E-state index is 12.4. The normalized spacial score (nSPS) is 10.8. The molecular weight excluding hydrogens is 328 g/mol. The van der Waals surface area contributed by atoms with Gasteiger partial charge in [-0.2, -0.15) is 0 Å². The maximum atomic E-state index is 12.4. The zero-order valence-corrected chi connectivity index (χ0v) is 14.0. The van der Waals surface area contributed by atoms with Crippen molar-refractivity contribution in [2.75, 3.05) is 6.61 Å². The number of hydrogen-bond acceptors (Lipinski definition) is 4. The van der Waals surface area contributed by atoms with Crippen molar-refractivity contribution in [3.63, 3.8) is 0 Å². The quantitative estimate of drug-likeness (QED) is 0.515. The second kappa shape index (κ2) is 6.49. The first-order chi connectivity index (χ1) is 11.5. The molecule has 1 aromatic heterocycles. The van der Waals surface area contributed by atoms with E-state index < -0.39 is 11.6 Å². The van der Waals surface area contributed by atoms with Gasteiger partial charge in [-0.1, -0.05) is 35.9 Å². The number of carbonyl (C=O) groups is 1. The highest BCUT2D eigenvalue weighted by atomic mass is 35.5. The Morgan fingerprint density at radius 3 is 2.67 bits per heavy atom. The molecule has 0 radical (unpaired) electrons. The van der Waals surface area contributed by atoms with Crippen LogP contribution in [0.15, 0.2) is 51.7 Å². The number of carbonyl (C=O) groups excluding carboxylic acids is 1. The molecule has 24 heavy (non-hydrogen) atoms. The number of fused-ring (bicyclic) bond motifs is 1. The molecule has 0 amide bonds. The van der Waals surface area contributed by atoms with Crippen LogP contribution in [0.3, 0.4) is 0 Å². The molecule has 0 spiro atoms. The molecule has 0 bridgehead atoms. The molecule has 4 nitrogen and oxygen atoms in total. The molecule has 1 heterocycles. The second-order valence-corrected chi connectivity index (χ2v) is 5.75. The number of hydrogen-bond donors (Lipinski definition) is 0. The fourth-order valence-electron chi connectivity index (χ4n) is 2.70. The number of esters is 1. The Balaban J connectivity index is 2.48. The van der Waals surface area contributed by atoms with E-state index in [0.717, 1.165) is 11.1 Å². The van der Waals surface area contributed by atoms with E-state index in [-0.39, 0.29) is 12.2 Å². The van der Waals surface area contributed by atoms with Gasteiger partial charge in [-0.15, -0.1) is 0 Å². The van der Waals surface area contributed by atoms with Gasteiger partial charge < -0.3 is 9.15 Å².